The molecule has 0 bridgehead atoms. The van der Waals surface area contributed by atoms with Gasteiger partial charge in [-0.05, 0) is 11.1 Å². The van der Waals surface area contributed by atoms with Gasteiger partial charge in [0.25, 0.3) is 0 Å². The Morgan fingerprint density at radius 2 is 1.00 bits per heavy atom. The monoisotopic (exact) mass is 433 g/mol. The van der Waals surface area contributed by atoms with Crippen molar-refractivity contribution in [2.45, 2.75) is 18.4 Å². The minimum Gasteiger partial charge on any atom is -0.467 e. The van der Waals surface area contributed by atoms with Crippen LogP contribution in [0.5, 0.6) is 0 Å². The summed E-state index contributed by atoms with van der Waals surface area (Å²) in [4.78, 5) is 18.8. The maximum absolute atomic E-state index is 13.5. The van der Waals surface area contributed by atoms with E-state index in [1.807, 2.05) is 121 Å². The topological polar surface area (TPSA) is 38.7 Å². The Morgan fingerprint density at radius 3 is 1.36 bits per heavy atom. The van der Waals surface area contributed by atoms with E-state index < -0.39 is 5.54 Å². The Balaban J connectivity index is 1.94. The molecule has 0 saturated carbocycles. The maximum Gasteiger partial charge on any atom is 0.334 e. The predicted octanol–water partition coefficient (Wildman–Crippen LogP) is 5.92. The van der Waals surface area contributed by atoms with Gasteiger partial charge in [0.2, 0.25) is 0 Å². The molecule has 0 aliphatic rings. The molecule has 0 heterocycles. The number of hydrogen-bond donors (Lipinski definition) is 0. The quantitative estimate of drug-likeness (QED) is 0.255. The van der Waals surface area contributed by atoms with Gasteiger partial charge in [0.1, 0.15) is 0 Å². The number of carbonyl (C=O) groups is 1. The summed E-state index contributed by atoms with van der Waals surface area (Å²) >= 11 is 0. The summed E-state index contributed by atoms with van der Waals surface area (Å²) in [5, 5.41) is 0. The fourth-order valence-electron chi connectivity index (χ4n) is 4.09. The van der Waals surface area contributed by atoms with Gasteiger partial charge in [-0.15, -0.1) is 0 Å². The molecule has 4 rings (SSSR count). The molecule has 164 valence electrons. The number of hydrogen-bond acceptors (Lipinski definition) is 3. The second-order valence-electron chi connectivity index (χ2n) is 8.04. The van der Waals surface area contributed by atoms with E-state index in [4.69, 9.17) is 9.73 Å². The minimum absolute atomic E-state index is 0.348. The molecule has 33 heavy (non-hydrogen) atoms. The van der Waals surface area contributed by atoms with Crippen molar-refractivity contribution in [3.8, 4) is 0 Å². The first kappa shape index (κ1) is 22.2. The van der Waals surface area contributed by atoms with E-state index in [1.54, 1.807) is 0 Å². The first-order valence-corrected chi connectivity index (χ1v) is 11.1. The molecule has 0 N–H and O–H groups in total. The zero-order valence-corrected chi connectivity index (χ0v) is 18.7. The van der Waals surface area contributed by atoms with Gasteiger partial charge in [-0.1, -0.05) is 121 Å². The third-order valence-corrected chi connectivity index (χ3v) is 5.66. The van der Waals surface area contributed by atoms with Gasteiger partial charge in [0, 0.05) is 24.0 Å². The van der Waals surface area contributed by atoms with E-state index >= 15 is 0 Å². The Hall–Kier alpha value is -3.98. The smallest absolute Gasteiger partial charge is 0.334 e. The highest BCUT2D eigenvalue weighted by molar-refractivity contribution is 6.13. The number of esters is 1. The summed E-state index contributed by atoms with van der Waals surface area (Å²) in [6, 6.07) is 40.0. The van der Waals surface area contributed by atoms with Crippen molar-refractivity contribution in [1.29, 1.82) is 0 Å². The molecule has 3 heteroatoms. The van der Waals surface area contributed by atoms with Gasteiger partial charge < -0.3 is 4.74 Å². The van der Waals surface area contributed by atoms with E-state index in [0.717, 1.165) is 28.0 Å². The van der Waals surface area contributed by atoms with E-state index in [9.17, 15) is 4.79 Å². The lowest BCUT2D eigenvalue weighted by atomic mass is 9.84. The van der Waals surface area contributed by atoms with Crippen molar-refractivity contribution < 1.29 is 9.53 Å². The second-order valence-corrected chi connectivity index (χ2v) is 8.04. The van der Waals surface area contributed by atoms with Gasteiger partial charge >= 0.3 is 5.97 Å². The van der Waals surface area contributed by atoms with E-state index in [0.29, 0.717) is 12.8 Å². The van der Waals surface area contributed by atoms with Crippen LogP contribution in [0.25, 0.3) is 0 Å². The van der Waals surface area contributed by atoms with Crippen molar-refractivity contribution in [2.75, 3.05) is 7.11 Å². The number of rotatable bonds is 8. The zero-order chi connectivity index (χ0) is 22.9. The molecular weight excluding hydrogens is 406 g/mol. The Morgan fingerprint density at radius 1 is 0.636 bits per heavy atom. The second kappa shape index (κ2) is 10.6. The average molecular weight is 434 g/mol. The van der Waals surface area contributed by atoms with E-state index in [1.165, 1.54) is 7.11 Å². The largest absolute Gasteiger partial charge is 0.467 e. The van der Waals surface area contributed by atoms with Crippen LogP contribution in [0.1, 0.15) is 22.3 Å². The van der Waals surface area contributed by atoms with E-state index in [2.05, 4.69) is 0 Å². The van der Waals surface area contributed by atoms with Crippen LogP contribution in [-0.2, 0) is 22.4 Å². The molecule has 0 saturated heterocycles. The molecule has 0 unspecified atom stereocenters. The summed E-state index contributed by atoms with van der Waals surface area (Å²) in [7, 11) is 1.44. The molecule has 0 fully saturated rings. The van der Waals surface area contributed by atoms with Gasteiger partial charge in [0.15, 0.2) is 5.54 Å². The first-order valence-electron chi connectivity index (χ1n) is 11.1. The fourth-order valence-corrected chi connectivity index (χ4v) is 4.09. The third-order valence-electron chi connectivity index (χ3n) is 5.66. The molecule has 0 aliphatic carbocycles. The number of benzene rings is 4. The molecule has 0 spiro atoms. The van der Waals surface area contributed by atoms with Crippen LogP contribution in [0.4, 0.5) is 0 Å². The van der Waals surface area contributed by atoms with Crippen LogP contribution in [0.2, 0.25) is 0 Å². The molecular formula is C30H27NO2. The van der Waals surface area contributed by atoms with Gasteiger partial charge in [-0.3, -0.25) is 4.99 Å². The summed E-state index contributed by atoms with van der Waals surface area (Å²) < 4.78 is 5.39. The number of methoxy groups -OCH3 is 1. The van der Waals surface area contributed by atoms with Crippen LogP contribution < -0.4 is 0 Å². The highest BCUT2D eigenvalue weighted by Crippen LogP contribution is 2.28. The first-order chi connectivity index (χ1) is 16.2. The van der Waals surface area contributed by atoms with Crippen LogP contribution >= 0.6 is 0 Å². The maximum atomic E-state index is 13.5. The molecule has 0 aromatic heterocycles. The highest BCUT2D eigenvalue weighted by atomic mass is 16.5. The Bertz CT molecular complexity index is 1100. The van der Waals surface area contributed by atoms with Crippen molar-refractivity contribution in [1.82, 2.24) is 0 Å². The molecule has 4 aromatic rings. The lowest BCUT2D eigenvalue weighted by Crippen LogP contribution is -2.43. The minimum atomic E-state index is -1.13. The Labute approximate surface area is 195 Å². The van der Waals surface area contributed by atoms with Gasteiger partial charge in [0.05, 0.1) is 12.8 Å². The summed E-state index contributed by atoms with van der Waals surface area (Å²) in [6.45, 7) is 0. The molecule has 3 nitrogen and oxygen atoms in total. The lowest BCUT2D eigenvalue weighted by molar-refractivity contribution is -0.146. The van der Waals surface area contributed by atoms with E-state index in [-0.39, 0.29) is 5.97 Å². The lowest BCUT2D eigenvalue weighted by Gasteiger charge is -2.29. The normalized spacial score (nSPS) is 10.9. The number of nitrogens with zero attached hydrogens (tertiary/aromatic N) is 1. The Kier molecular flexibility index (Phi) is 7.11. The fraction of sp³-hybridized carbons (Fsp3) is 0.133. The van der Waals surface area contributed by atoms with Crippen LogP contribution in [0.3, 0.4) is 0 Å². The number of ether oxygens (including phenoxy) is 1. The van der Waals surface area contributed by atoms with Gasteiger partial charge in [-0.2, -0.15) is 0 Å². The number of aliphatic imine (C=N–C) groups is 1. The van der Waals surface area contributed by atoms with Crippen molar-refractivity contribution in [2.24, 2.45) is 4.99 Å². The van der Waals surface area contributed by atoms with Crippen LogP contribution in [0, 0.1) is 0 Å². The van der Waals surface area contributed by atoms with Crippen LogP contribution in [0.15, 0.2) is 126 Å². The summed E-state index contributed by atoms with van der Waals surface area (Å²) in [5.74, 6) is -0.348. The van der Waals surface area contributed by atoms with Crippen LogP contribution in [-0.4, -0.2) is 24.3 Å². The highest BCUT2D eigenvalue weighted by Gasteiger charge is 2.40. The molecule has 0 atom stereocenters. The molecule has 0 amide bonds. The molecule has 0 aliphatic heterocycles. The summed E-state index contributed by atoms with van der Waals surface area (Å²) in [6.07, 6.45) is 0.858. The third kappa shape index (κ3) is 5.45. The molecule has 4 aromatic carbocycles. The van der Waals surface area contributed by atoms with Crippen molar-refractivity contribution in [3.63, 3.8) is 0 Å². The average Bonchev–Trinajstić information content (AvgIpc) is 2.89. The van der Waals surface area contributed by atoms with Crippen molar-refractivity contribution >= 4 is 11.7 Å². The zero-order valence-electron chi connectivity index (χ0n) is 18.7. The predicted molar refractivity (Wildman–Crippen MR) is 134 cm³/mol. The molecule has 0 radical (unpaired) electrons. The van der Waals surface area contributed by atoms with Crippen molar-refractivity contribution in [3.05, 3.63) is 144 Å². The summed E-state index contributed by atoms with van der Waals surface area (Å²) in [5.41, 5.74) is 3.62. The van der Waals surface area contributed by atoms with Gasteiger partial charge in [-0.25, -0.2) is 4.79 Å². The standard InChI is InChI=1S/C30H27NO2/c1-33-29(32)30(22-24-14-6-2-7-15-24,23-25-16-8-3-9-17-25)31-28(26-18-10-4-11-19-26)27-20-12-5-13-21-27/h2-21H,22-23H2,1H3. The number of carbonyl (C=O) groups excluding carboxylic acids is 1. The SMILES string of the molecule is COC(=O)C(Cc1ccccc1)(Cc1ccccc1)N=C(c1ccccc1)c1ccccc1.